The lowest BCUT2D eigenvalue weighted by Gasteiger charge is -2.26. The quantitative estimate of drug-likeness (QED) is 0.320. The molecular weight excluding hydrogens is 434 g/mol. The zero-order chi connectivity index (χ0) is 23.0. The van der Waals surface area contributed by atoms with Crippen molar-refractivity contribution in [3.63, 3.8) is 0 Å². The number of ether oxygens (including phenoxy) is 1. The number of carbonyl (C=O) groups is 3. The minimum atomic E-state index is -0.807. The summed E-state index contributed by atoms with van der Waals surface area (Å²) in [5, 5.41) is 11.8. The number of halogens is 1. The third-order valence-corrected chi connectivity index (χ3v) is 5.41. The topological polar surface area (TPSA) is 97.1 Å². The molecule has 0 spiro atoms. The Hall–Kier alpha value is -3.58. The number of esters is 1. The molecule has 0 radical (unpaired) electrons. The van der Waals surface area contributed by atoms with Gasteiger partial charge in [-0.2, -0.15) is 0 Å². The van der Waals surface area contributed by atoms with Crippen LogP contribution in [0.2, 0.25) is 5.02 Å². The summed E-state index contributed by atoms with van der Waals surface area (Å²) in [6, 6.07) is 12.2. The normalized spacial score (nSPS) is 16.2. The van der Waals surface area contributed by atoms with E-state index < -0.39 is 29.5 Å². The number of nitrogens with zero attached hydrogens (tertiary/aromatic N) is 1. The Balaban J connectivity index is 1.76. The monoisotopic (exact) mass is 453 g/mol. The number of carbonyl (C=O) groups excluding carboxylic acids is 3. The van der Waals surface area contributed by atoms with Crippen molar-refractivity contribution in [2.45, 2.75) is 26.3 Å². The molecule has 3 aromatic rings. The minimum absolute atomic E-state index is 0.00324. The third kappa shape index (κ3) is 3.87. The van der Waals surface area contributed by atoms with E-state index in [4.69, 9.17) is 20.8 Å². The highest BCUT2D eigenvalue weighted by atomic mass is 35.5. The SMILES string of the molecule is CCCN1C(=O)C(O)=C(C(=O)c2cc3cc(Cl)ccc3o2)C1c1ccc(OC(C)=O)cc1. The van der Waals surface area contributed by atoms with E-state index in [1.54, 1.807) is 42.5 Å². The fourth-order valence-electron chi connectivity index (χ4n) is 3.85. The molecular formula is C24H20ClNO6. The predicted molar refractivity (Wildman–Crippen MR) is 118 cm³/mol. The summed E-state index contributed by atoms with van der Waals surface area (Å²) >= 11 is 6.02. The number of Topliss-reactive ketones (excluding diaryl/α,β-unsaturated/α-hetero) is 1. The van der Waals surface area contributed by atoms with Crippen LogP contribution in [0, 0.1) is 0 Å². The van der Waals surface area contributed by atoms with Crippen LogP contribution in [0.15, 0.2) is 64.3 Å². The van der Waals surface area contributed by atoms with E-state index in [0.717, 1.165) is 0 Å². The zero-order valence-electron chi connectivity index (χ0n) is 17.4. The van der Waals surface area contributed by atoms with Gasteiger partial charge in [-0.1, -0.05) is 30.7 Å². The molecule has 1 amide bonds. The van der Waals surface area contributed by atoms with Crippen molar-refractivity contribution < 1.29 is 28.6 Å². The summed E-state index contributed by atoms with van der Waals surface area (Å²) in [6.07, 6.45) is 0.631. The molecule has 7 nitrogen and oxygen atoms in total. The number of fused-ring (bicyclic) bond motifs is 1. The summed E-state index contributed by atoms with van der Waals surface area (Å²) < 4.78 is 10.7. The maximum absolute atomic E-state index is 13.4. The van der Waals surface area contributed by atoms with Gasteiger partial charge in [0.15, 0.2) is 11.5 Å². The van der Waals surface area contributed by atoms with Crippen LogP contribution in [0.3, 0.4) is 0 Å². The van der Waals surface area contributed by atoms with Crippen LogP contribution in [0.25, 0.3) is 11.0 Å². The van der Waals surface area contributed by atoms with Crippen molar-refractivity contribution in [2.24, 2.45) is 0 Å². The molecule has 32 heavy (non-hydrogen) atoms. The van der Waals surface area contributed by atoms with Gasteiger partial charge >= 0.3 is 5.97 Å². The fourth-order valence-corrected chi connectivity index (χ4v) is 4.03. The van der Waals surface area contributed by atoms with E-state index in [2.05, 4.69) is 0 Å². The molecule has 0 saturated carbocycles. The van der Waals surface area contributed by atoms with Gasteiger partial charge in [-0.25, -0.2) is 0 Å². The largest absolute Gasteiger partial charge is 0.503 e. The zero-order valence-corrected chi connectivity index (χ0v) is 18.2. The van der Waals surface area contributed by atoms with Gasteiger partial charge in [0.05, 0.1) is 11.6 Å². The van der Waals surface area contributed by atoms with Crippen LogP contribution < -0.4 is 4.74 Å². The fraction of sp³-hybridized carbons (Fsp3) is 0.208. The maximum Gasteiger partial charge on any atom is 0.308 e. The molecule has 1 unspecified atom stereocenters. The lowest BCUT2D eigenvalue weighted by molar-refractivity contribution is -0.132. The Bertz CT molecular complexity index is 1260. The van der Waals surface area contributed by atoms with Gasteiger partial charge in [0.1, 0.15) is 11.3 Å². The molecule has 1 aromatic heterocycles. The van der Waals surface area contributed by atoms with E-state index in [-0.39, 0.29) is 11.3 Å². The van der Waals surface area contributed by atoms with E-state index in [9.17, 15) is 19.5 Å². The second-order valence-corrected chi connectivity index (χ2v) is 7.88. The van der Waals surface area contributed by atoms with Crippen LogP contribution >= 0.6 is 11.6 Å². The molecule has 1 aliphatic rings. The Morgan fingerprint density at radius 1 is 1.16 bits per heavy atom. The molecule has 0 fully saturated rings. The van der Waals surface area contributed by atoms with Gasteiger partial charge in [0, 0.05) is 23.9 Å². The summed E-state index contributed by atoms with van der Waals surface area (Å²) in [7, 11) is 0. The standard InChI is InChI=1S/C24H20ClNO6/c1-3-10-26-21(14-4-7-17(8-5-14)31-13(2)27)20(23(29)24(26)30)22(28)19-12-15-11-16(25)6-9-18(15)32-19/h4-9,11-12,21,29H,3,10H2,1-2H3. The highest BCUT2D eigenvalue weighted by Gasteiger charge is 2.44. The van der Waals surface area contributed by atoms with Crippen LogP contribution in [0.1, 0.15) is 42.4 Å². The molecule has 1 N–H and O–H groups in total. The molecule has 1 aliphatic heterocycles. The van der Waals surface area contributed by atoms with Crippen molar-refractivity contribution >= 4 is 40.2 Å². The first-order chi connectivity index (χ1) is 15.3. The van der Waals surface area contributed by atoms with E-state index in [1.807, 2.05) is 6.92 Å². The third-order valence-electron chi connectivity index (χ3n) is 5.17. The number of benzene rings is 2. The summed E-state index contributed by atoms with van der Waals surface area (Å²) in [6.45, 7) is 3.53. The van der Waals surface area contributed by atoms with Crippen molar-refractivity contribution in [3.8, 4) is 5.75 Å². The predicted octanol–water partition coefficient (Wildman–Crippen LogP) is 5.00. The van der Waals surface area contributed by atoms with E-state index in [1.165, 1.54) is 17.9 Å². The molecule has 1 atom stereocenters. The van der Waals surface area contributed by atoms with Crippen molar-refractivity contribution in [1.82, 2.24) is 4.90 Å². The highest BCUT2D eigenvalue weighted by molar-refractivity contribution is 6.31. The van der Waals surface area contributed by atoms with E-state index in [0.29, 0.717) is 40.3 Å². The number of furan rings is 1. The van der Waals surface area contributed by atoms with Crippen molar-refractivity contribution in [1.29, 1.82) is 0 Å². The molecule has 164 valence electrons. The van der Waals surface area contributed by atoms with Crippen LogP contribution in [-0.2, 0) is 9.59 Å². The van der Waals surface area contributed by atoms with Crippen molar-refractivity contribution in [2.75, 3.05) is 6.54 Å². The van der Waals surface area contributed by atoms with Gasteiger partial charge in [-0.15, -0.1) is 0 Å². The molecule has 4 rings (SSSR count). The van der Waals surface area contributed by atoms with Crippen LogP contribution in [-0.4, -0.2) is 34.2 Å². The highest BCUT2D eigenvalue weighted by Crippen LogP contribution is 2.40. The smallest absolute Gasteiger partial charge is 0.308 e. The number of rotatable bonds is 6. The number of hydrogen-bond donors (Lipinski definition) is 1. The first-order valence-electron chi connectivity index (χ1n) is 10.1. The number of hydrogen-bond acceptors (Lipinski definition) is 6. The van der Waals surface area contributed by atoms with Gasteiger partial charge in [-0.05, 0) is 48.4 Å². The average Bonchev–Trinajstić information content (AvgIpc) is 3.28. The Kier molecular flexibility index (Phi) is 5.76. The van der Waals surface area contributed by atoms with Crippen molar-refractivity contribution in [3.05, 3.63) is 76.2 Å². The second-order valence-electron chi connectivity index (χ2n) is 7.45. The molecule has 0 aliphatic carbocycles. The number of aliphatic hydroxyl groups excluding tert-OH is 1. The maximum atomic E-state index is 13.4. The molecule has 2 heterocycles. The number of aliphatic hydroxyl groups is 1. The number of ketones is 1. The first kappa shape index (κ1) is 21.6. The van der Waals surface area contributed by atoms with Crippen LogP contribution in [0.5, 0.6) is 5.75 Å². The second kappa shape index (κ2) is 8.51. The average molecular weight is 454 g/mol. The van der Waals surface area contributed by atoms with Gasteiger partial charge < -0.3 is 19.2 Å². The molecule has 0 bridgehead atoms. The minimum Gasteiger partial charge on any atom is -0.503 e. The Morgan fingerprint density at radius 3 is 2.53 bits per heavy atom. The van der Waals surface area contributed by atoms with Gasteiger partial charge in [0.25, 0.3) is 5.91 Å². The van der Waals surface area contributed by atoms with Gasteiger partial charge in [-0.3, -0.25) is 14.4 Å². The molecule has 0 saturated heterocycles. The molecule has 2 aromatic carbocycles. The Morgan fingerprint density at radius 2 is 1.88 bits per heavy atom. The molecule has 8 heteroatoms. The number of amides is 1. The lowest BCUT2D eigenvalue weighted by atomic mass is 9.95. The van der Waals surface area contributed by atoms with Crippen LogP contribution in [0.4, 0.5) is 0 Å². The van der Waals surface area contributed by atoms with E-state index >= 15 is 0 Å². The first-order valence-corrected chi connectivity index (χ1v) is 10.4. The Labute approximate surface area is 188 Å². The summed E-state index contributed by atoms with van der Waals surface area (Å²) in [5.41, 5.74) is 0.998. The summed E-state index contributed by atoms with van der Waals surface area (Å²) in [4.78, 5) is 38.9. The summed E-state index contributed by atoms with van der Waals surface area (Å²) in [5.74, 6) is -1.94. The lowest BCUT2D eigenvalue weighted by Crippen LogP contribution is -2.31. The van der Waals surface area contributed by atoms with Gasteiger partial charge in [0.2, 0.25) is 5.78 Å².